The largest absolute Gasteiger partial charge is 0.336 e. The molecule has 0 heterocycles. The molecule has 4 aliphatic carbocycles. The van der Waals surface area contributed by atoms with E-state index in [1.54, 1.807) is 24.3 Å². The maximum absolute atomic E-state index is 12.5. The van der Waals surface area contributed by atoms with Crippen LogP contribution in [-0.2, 0) is 4.79 Å². The van der Waals surface area contributed by atoms with Gasteiger partial charge in [0.25, 0.3) is 5.91 Å². The number of anilines is 1. The van der Waals surface area contributed by atoms with Crippen LogP contribution in [0.1, 0.15) is 51.0 Å². The summed E-state index contributed by atoms with van der Waals surface area (Å²) in [4.78, 5) is 12.5. The fourth-order valence-electron chi connectivity index (χ4n) is 5.96. The van der Waals surface area contributed by atoms with Gasteiger partial charge in [-0.25, -0.2) is 0 Å². The Kier molecular flexibility index (Phi) is 4.29. The molecule has 25 heavy (non-hydrogen) atoms. The van der Waals surface area contributed by atoms with Gasteiger partial charge in [-0.3, -0.25) is 4.79 Å². The summed E-state index contributed by atoms with van der Waals surface area (Å²) in [7, 11) is 0. The maximum Gasteiger partial charge on any atom is 0.282 e. The first-order valence-corrected chi connectivity index (χ1v) is 9.70. The SMILES string of the molecule is C[C@@H]([NH2+]CC12CC3CC(CC(C3)C1)C2)C(=O)Nc1ccc(C#N)cc1. The monoisotopic (exact) mass is 338 g/mol. The fourth-order valence-corrected chi connectivity index (χ4v) is 5.96. The highest BCUT2D eigenvalue weighted by molar-refractivity contribution is 5.93. The Hall–Kier alpha value is -1.86. The van der Waals surface area contributed by atoms with Crippen LogP contribution >= 0.6 is 0 Å². The molecule has 3 N–H and O–H groups in total. The molecule has 4 nitrogen and oxygen atoms in total. The first-order chi connectivity index (χ1) is 12.0. The molecule has 4 saturated carbocycles. The van der Waals surface area contributed by atoms with Crippen molar-refractivity contribution in [1.82, 2.24) is 0 Å². The Morgan fingerprint density at radius 3 is 2.28 bits per heavy atom. The zero-order valence-electron chi connectivity index (χ0n) is 15.0. The molecule has 0 radical (unpaired) electrons. The second-order valence-corrected chi connectivity index (χ2v) is 8.82. The maximum atomic E-state index is 12.5. The number of rotatable bonds is 5. The van der Waals surface area contributed by atoms with E-state index in [9.17, 15) is 4.79 Å². The number of nitrogens with zero attached hydrogens (tertiary/aromatic N) is 1. The van der Waals surface area contributed by atoms with Crippen LogP contribution in [0.5, 0.6) is 0 Å². The Bertz CT molecular complexity index is 653. The summed E-state index contributed by atoms with van der Waals surface area (Å²) in [6.45, 7) is 3.10. The lowest BCUT2D eigenvalue weighted by atomic mass is 9.49. The van der Waals surface area contributed by atoms with Crippen LogP contribution in [0.2, 0.25) is 0 Å². The topological polar surface area (TPSA) is 69.5 Å². The van der Waals surface area contributed by atoms with E-state index >= 15 is 0 Å². The number of benzene rings is 1. The Morgan fingerprint density at radius 1 is 1.20 bits per heavy atom. The van der Waals surface area contributed by atoms with Gasteiger partial charge in [0.2, 0.25) is 0 Å². The average Bonchev–Trinajstić information content (AvgIpc) is 2.59. The Morgan fingerprint density at radius 2 is 1.76 bits per heavy atom. The lowest BCUT2D eigenvalue weighted by Crippen LogP contribution is -2.94. The molecule has 0 saturated heterocycles. The summed E-state index contributed by atoms with van der Waals surface area (Å²) in [5.74, 6) is 2.93. The molecular formula is C21H28N3O+. The van der Waals surface area contributed by atoms with Gasteiger partial charge >= 0.3 is 0 Å². The minimum atomic E-state index is -0.0800. The number of quaternary nitrogens is 1. The van der Waals surface area contributed by atoms with Crippen molar-refractivity contribution in [3.05, 3.63) is 29.8 Å². The average molecular weight is 338 g/mol. The quantitative estimate of drug-likeness (QED) is 0.866. The van der Waals surface area contributed by atoms with Crippen LogP contribution in [0.3, 0.4) is 0 Å². The van der Waals surface area contributed by atoms with Crippen molar-refractivity contribution in [3.63, 3.8) is 0 Å². The molecule has 4 bridgehead atoms. The third-order valence-electron chi connectivity index (χ3n) is 6.76. The van der Waals surface area contributed by atoms with E-state index in [1.807, 2.05) is 6.92 Å². The van der Waals surface area contributed by atoms with Gasteiger partial charge < -0.3 is 10.6 Å². The van der Waals surface area contributed by atoms with E-state index in [0.717, 1.165) is 30.0 Å². The second-order valence-electron chi connectivity index (χ2n) is 8.82. The summed E-state index contributed by atoms with van der Waals surface area (Å²) in [6.07, 6.45) is 8.56. The Balaban J connectivity index is 1.32. The van der Waals surface area contributed by atoms with Crippen molar-refractivity contribution >= 4 is 11.6 Å². The second kappa shape index (κ2) is 6.46. The molecule has 1 aromatic carbocycles. The fraction of sp³-hybridized carbons (Fsp3) is 0.619. The molecule has 4 aliphatic rings. The number of carbonyl (C=O) groups excluding carboxylic acids is 1. The summed E-state index contributed by atoms with van der Waals surface area (Å²) in [5, 5.41) is 14.1. The minimum absolute atomic E-state index is 0.0504. The number of carbonyl (C=O) groups is 1. The van der Waals surface area contributed by atoms with E-state index in [0.29, 0.717) is 11.0 Å². The standard InChI is InChI=1S/C21H27N3O/c1-14(20(25)24-19-4-2-15(12-22)3-5-19)23-13-21-9-16-6-17(10-21)8-18(7-16)11-21/h2-5,14,16-18,23H,6-11,13H2,1H3,(H,24,25)/p+1/t14-,16?,17?,18?,21?/m1/s1. The van der Waals surface area contributed by atoms with Crippen molar-refractivity contribution in [2.75, 3.05) is 11.9 Å². The number of nitrogens with two attached hydrogens (primary N) is 1. The number of amides is 1. The molecule has 0 aromatic heterocycles. The molecule has 1 amide bonds. The van der Waals surface area contributed by atoms with Crippen LogP contribution < -0.4 is 10.6 Å². The van der Waals surface area contributed by atoms with Crippen LogP contribution in [0.4, 0.5) is 5.69 Å². The molecule has 0 spiro atoms. The minimum Gasteiger partial charge on any atom is -0.336 e. The van der Waals surface area contributed by atoms with Crippen LogP contribution in [0.15, 0.2) is 24.3 Å². The van der Waals surface area contributed by atoms with E-state index < -0.39 is 0 Å². The van der Waals surface area contributed by atoms with Gasteiger partial charge in [0.05, 0.1) is 18.2 Å². The molecular weight excluding hydrogens is 310 g/mol. The third-order valence-corrected chi connectivity index (χ3v) is 6.76. The highest BCUT2D eigenvalue weighted by atomic mass is 16.2. The van der Waals surface area contributed by atoms with Crippen LogP contribution in [0, 0.1) is 34.5 Å². The van der Waals surface area contributed by atoms with Crippen molar-refractivity contribution in [3.8, 4) is 6.07 Å². The molecule has 4 heteroatoms. The van der Waals surface area contributed by atoms with E-state index in [1.165, 1.54) is 38.5 Å². The molecule has 0 aliphatic heterocycles. The number of hydrogen-bond acceptors (Lipinski definition) is 2. The first kappa shape index (κ1) is 16.6. The normalized spacial score (nSPS) is 33.7. The molecule has 132 valence electrons. The summed E-state index contributed by atoms with van der Waals surface area (Å²) >= 11 is 0. The highest BCUT2D eigenvalue weighted by Gasteiger charge is 2.51. The number of nitriles is 1. The van der Waals surface area contributed by atoms with Gasteiger partial charge in [0.15, 0.2) is 6.04 Å². The molecule has 1 atom stereocenters. The smallest absolute Gasteiger partial charge is 0.282 e. The summed E-state index contributed by atoms with van der Waals surface area (Å²) < 4.78 is 0. The Labute approximate surface area is 150 Å². The predicted octanol–water partition coefficient (Wildman–Crippen LogP) is 2.67. The summed E-state index contributed by atoms with van der Waals surface area (Å²) in [6, 6.07) is 9.07. The number of nitrogens with one attached hydrogen (secondary N) is 1. The van der Waals surface area contributed by atoms with Gasteiger partial charge in [-0.2, -0.15) is 5.26 Å². The lowest BCUT2D eigenvalue weighted by molar-refractivity contribution is -0.686. The van der Waals surface area contributed by atoms with Crippen molar-refractivity contribution in [1.29, 1.82) is 5.26 Å². The highest BCUT2D eigenvalue weighted by Crippen LogP contribution is 2.59. The summed E-state index contributed by atoms with van der Waals surface area (Å²) in [5.41, 5.74) is 1.87. The van der Waals surface area contributed by atoms with Crippen molar-refractivity contribution in [2.24, 2.45) is 23.2 Å². The van der Waals surface area contributed by atoms with Crippen molar-refractivity contribution < 1.29 is 10.1 Å². The van der Waals surface area contributed by atoms with Gasteiger partial charge in [-0.15, -0.1) is 0 Å². The van der Waals surface area contributed by atoms with Gasteiger partial charge in [0.1, 0.15) is 0 Å². The first-order valence-electron chi connectivity index (χ1n) is 9.70. The van der Waals surface area contributed by atoms with Gasteiger partial charge in [-0.05, 0) is 87.5 Å². The molecule has 0 unspecified atom stereocenters. The molecule has 5 rings (SSSR count). The van der Waals surface area contributed by atoms with Crippen LogP contribution in [-0.4, -0.2) is 18.5 Å². The molecule has 4 fully saturated rings. The predicted molar refractivity (Wildman–Crippen MR) is 96.6 cm³/mol. The van der Waals surface area contributed by atoms with Gasteiger partial charge in [0, 0.05) is 11.1 Å². The molecule has 1 aromatic rings. The third kappa shape index (κ3) is 3.43. The number of hydrogen-bond donors (Lipinski definition) is 2. The van der Waals surface area contributed by atoms with E-state index in [4.69, 9.17) is 5.26 Å². The van der Waals surface area contributed by atoms with E-state index in [-0.39, 0.29) is 11.9 Å². The van der Waals surface area contributed by atoms with E-state index in [2.05, 4.69) is 16.7 Å². The zero-order chi connectivity index (χ0) is 17.4. The zero-order valence-corrected chi connectivity index (χ0v) is 15.0. The van der Waals surface area contributed by atoms with Crippen molar-refractivity contribution in [2.45, 2.75) is 51.5 Å². The van der Waals surface area contributed by atoms with Crippen LogP contribution in [0.25, 0.3) is 0 Å². The van der Waals surface area contributed by atoms with Gasteiger partial charge in [-0.1, -0.05) is 0 Å². The lowest BCUT2D eigenvalue weighted by Gasteiger charge is -2.56.